The molecule has 1 rings (SSSR count). The Hall–Kier alpha value is -0.705. The topological polar surface area (TPSA) is 78.2 Å². The van der Waals surface area contributed by atoms with Crippen LogP contribution in [0.2, 0.25) is 0 Å². The molecule has 1 aliphatic heterocycles. The lowest BCUT2D eigenvalue weighted by Crippen LogP contribution is -2.36. The molecule has 0 spiro atoms. The molecule has 0 aliphatic carbocycles. The van der Waals surface area contributed by atoms with Gasteiger partial charge in [-0.1, -0.05) is 5.11 Å². The fourth-order valence-corrected chi connectivity index (χ4v) is 1.45. The molecule has 1 heterocycles. The van der Waals surface area contributed by atoms with Crippen LogP contribution in [0.25, 0.3) is 10.4 Å². The van der Waals surface area contributed by atoms with Crippen LogP contribution in [0.3, 0.4) is 0 Å². The highest BCUT2D eigenvalue weighted by molar-refractivity contribution is 6.11. The molecule has 1 N–H and O–H groups in total. The molecule has 0 aromatic rings. The van der Waals surface area contributed by atoms with E-state index in [1.807, 2.05) is 7.85 Å². The second-order valence-corrected chi connectivity index (χ2v) is 3.20. The van der Waals surface area contributed by atoms with E-state index in [2.05, 4.69) is 10.0 Å². The summed E-state index contributed by atoms with van der Waals surface area (Å²) in [6.07, 6.45) is 1.69. The minimum absolute atomic E-state index is 0.0731. The van der Waals surface area contributed by atoms with Crippen molar-refractivity contribution in [1.82, 2.24) is 0 Å². The van der Waals surface area contributed by atoms with Crippen molar-refractivity contribution in [1.29, 1.82) is 0 Å². The second kappa shape index (κ2) is 3.80. The Bertz CT molecular complexity index is 207. The van der Waals surface area contributed by atoms with Crippen LogP contribution in [0.4, 0.5) is 0 Å². The molecule has 0 unspecified atom stereocenters. The number of azide groups is 1. The van der Waals surface area contributed by atoms with Crippen LogP contribution in [0.5, 0.6) is 0 Å². The van der Waals surface area contributed by atoms with Crippen LogP contribution < -0.4 is 0 Å². The number of aliphatic hydroxyl groups is 1. The summed E-state index contributed by atoms with van der Waals surface area (Å²) in [5, 5.41) is 12.5. The van der Waals surface area contributed by atoms with Gasteiger partial charge >= 0.3 is 0 Å². The van der Waals surface area contributed by atoms with E-state index >= 15 is 0 Å². The molecule has 66 valence electrons. The molecular weight excluding hydrogens is 157 g/mol. The fraction of sp³-hybridized carbons (Fsp3) is 1.00. The molecule has 12 heavy (non-hydrogen) atoms. The van der Waals surface area contributed by atoms with Gasteiger partial charge in [-0.3, -0.25) is 0 Å². The lowest BCUT2D eigenvalue weighted by atomic mass is 9.95. The first-order valence-electron chi connectivity index (χ1n) is 4.02. The number of hydrogen-bond acceptors (Lipinski definition) is 3. The van der Waals surface area contributed by atoms with E-state index in [-0.39, 0.29) is 19.2 Å². The Morgan fingerprint density at radius 1 is 1.83 bits per heavy atom. The zero-order valence-electron chi connectivity index (χ0n) is 7.10. The average Bonchev–Trinajstić information content (AvgIpc) is 2.45. The summed E-state index contributed by atoms with van der Waals surface area (Å²) in [4.78, 5) is 2.65. The summed E-state index contributed by atoms with van der Waals surface area (Å²) in [6, 6.07) is 0.158. The zero-order valence-corrected chi connectivity index (χ0v) is 7.10. The normalized spacial score (nSPS) is 34.6. The third-order valence-corrected chi connectivity index (χ3v) is 2.17. The molecule has 1 fully saturated rings. The van der Waals surface area contributed by atoms with Crippen LogP contribution >= 0.6 is 0 Å². The molecule has 0 bridgehead atoms. The molecule has 2 atom stereocenters. The van der Waals surface area contributed by atoms with Gasteiger partial charge in [-0.05, 0) is 18.4 Å². The highest BCUT2D eigenvalue weighted by atomic mass is 16.5. The van der Waals surface area contributed by atoms with Gasteiger partial charge in [0.1, 0.15) is 7.85 Å². The number of aliphatic hydroxyl groups excluding tert-OH is 1. The largest absolute Gasteiger partial charge is 0.393 e. The average molecular weight is 169 g/mol. The summed E-state index contributed by atoms with van der Waals surface area (Å²) < 4.78 is 5.49. The minimum atomic E-state index is -0.606. The highest BCUT2D eigenvalue weighted by Crippen LogP contribution is 2.28. The first-order chi connectivity index (χ1) is 5.72. The SMILES string of the molecule is B[C@H]1CC[C@](CO)(CN=[N+]=[N-])O1. The van der Waals surface area contributed by atoms with E-state index < -0.39 is 5.60 Å². The van der Waals surface area contributed by atoms with Gasteiger partial charge in [-0.15, -0.1) is 0 Å². The summed E-state index contributed by atoms with van der Waals surface area (Å²) >= 11 is 0. The van der Waals surface area contributed by atoms with Crippen molar-refractivity contribution in [3.63, 3.8) is 0 Å². The number of nitrogens with zero attached hydrogens (tertiary/aromatic N) is 3. The third kappa shape index (κ3) is 1.91. The third-order valence-electron chi connectivity index (χ3n) is 2.17. The second-order valence-electron chi connectivity index (χ2n) is 3.20. The molecule has 1 saturated heterocycles. The Kier molecular flexibility index (Phi) is 2.97. The van der Waals surface area contributed by atoms with E-state index in [1.54, 1.807) is 0 Å². The Morgan fingerprint density at radius 3 is 3.00 bits per heavy atom. The Labute approximate surface area is 71.8 Å². The van der Waals surface area contributed by atoms with Crippen molar-refractivity contribution in [3.05, 3.63) is 10.4 Å². The van der Waals surface area contributed by atoms with Crippen LogP contribution in [-0.2, 0) is 4.74 Å². The molecule has 0 aromatic carbocycles. The predicted octanol–water partition coefficient (Wildman–Crippen LogP) is -0.203. The van der Waals surface area contributed by atoms with Crippen molar-refractivity contribution in [2.75, 3.05) is 13.2 Å². The molecule has 5 nitrogen and oxygen atoms in total. The standard InChI is InChI=1S/C6H12BN3O2/c7-5-1-2-6(4-11,12-5)3-9-10-8/h5,11H,1-4,7H2/t5-,6-/m1/s1. The molecular formula is C6H12BN3O2. The van der Waals surface area contributed by atoms with Crippen LogP contribution in [0.1, 0.15) is 12.8 Å². The summed E-state index contributed by atoms with van der Waals surface area (Å²) in [5.74, 6) is 0. The van der Waals surface area contributed by atoms with Gasteiger partial charge in [0.25, 0.3) is 0 Å². The Morgan fingerprint density at radius 2 is 2.58 bits per heavy atom. The van der Waals surface area contributed by atoms with Gasteiger partial charge in [-0.2, -0.15) is 0 Å². The van der Waals surface area contributed by atoms with Gasteiger partial charge in [-0.25, -0.2) is 0 Å². The molecule has 0 amide bonds. The molecule has 0 aromatic heterocycles. The molecule has 6 heteroatoms. The summed E-state index contributed by atoms with van der Waals surface area (Å²) in [6.45, 7) is 0.153. The van der Waals surface area contributed by atoms with Crippen molar-refractivity contribution in [2.24, 2.45) is 5.11 Å². The van der Waals surface area contributed by atoms with Crippen LogP contribution in [0, 0.1) is 0 Å². The number of hydrogen-bond donors (Lipinski definition) is 1. The van der Waals surface area contributed by atoms with Gasteiger partial charge < -0.3 is 9.84 Å². The van der Waals surface area contributed by atoms with Gasteiger partial charge in [0.2, 0.25) is 0 Å². The zero-order chi connectivity index (χ0) is 9.03. The van der Waals surface area contributed by atoms with Crippen molar-refractivity contribution >= 4 is 7.85 Å². The Balaban J connectivity index is 2.57. The maximum absolute atomic E-state index is 9.05. The van der Waals surface area contributed by atoms with Crippen molar-refractivity contribution in [3.8, 4) is 0 Å². The minimum Gasteiger partial charge on any atom is -0.393 e. The maximum atomic E-state index is 9.05. The van der Waals surface area contributed by atoms with Gasteiger partial charge in [0.15, 0.2) is 0 Å². The highest BCUT2D eigenvalue weighted by Gasteiger charge is 2.37. The molecule has 0 radical (unpaired) electrons. The number of rotatable bonds is 3. The fourth-order valence-electron chi connectivity index (χ4n) is 1.45. The summed E-state index contributed by atoms with van der Waals surface area (Å²) in [7, 11) is 1.95. The van der Waals surface area contributed by atoms with Crippen LogP contribution in [-0.4, -0.2) is 37.7 Å². The lowest BCUT2D eigenvalue weighted by Gasteiger charge is -2.24. The van der Waals surface area contributed by atoms with Crippen molar-refractivity contribution in [2.45, 2.75) is 24.4 Å². The predicted molar refractivity (Wildman–Crippen MR) is 46.5 cm³/mol. The van der Waals surface area contributed by atoms with E-state index in [0.717, 1.165) is 12.8 Å². The maximum Gasteiger partial charge on any atom is 0.139 e. The quantitative estimate of drug-likeness (QED) is 0.274. The van der Waals surface area contributed by atoms with Crippen LogP contribution in [0.15, 0.2) is 5.11 Å². The first-order valence-corrected chi connectivity index (χ1v) is 4.02. The summed E-state index contributed by atoms with van der Waals surface area (Å²) in [5.41, 5.74) is 7.52. The van der Waals surface area contributed by atoms with E-state index in [9.17, 15) is 0 Å². The smallest absolute Gasteiger partial charge is 0.139 e. The monoisotopic (exact) mass is 169 g/mol. The van der Waals surface area contributed by atoms with E-state index in [4.69, 9.17) is 15.4 Å². The van der Waals surface area contributed by atoms with Crippen molar-refractivity contribution < 1.29 is 9.84 Å². The lowest BCUT2D eigenvalue weighted by molar-refractivity contribution is -0.0432. The molecule has 1 aliphatic rings. The first kappa shape index (κ1) is 9.38. The molecule has 0 saturated carbocycles. The number of ether oxygens (including phenoxy) is 1. The van der Waals surface area contributed by atoms with E-state index in [0.29, 0.717) is 0 Å². The van der Waals surface area contributed by atoms with Gasteiger partial charge in [0, 0.05) is 10.9 Å². The van der Waals surface area contributed by atoms with E-state index in [1.165, 1.54) is 0 Å². The van der Waals surface area contributed by atoms with Gasteiger partial charge in [0.05, 0.1) is 18.8 Å².